The van der Waals surface area contributed by atoms with E-state index in [1.807, 2.05) is 11.8 Å². The summed E-state index contributed by atoms with van der Waals surface area (Å²) in [5, 5.41) is 8.56. The average molecular weight is 138 g/mol. The van der Waals surface area contributed by atoms with E-state index in [1.165, 1.54) is 6.42 Å². The molecule has 1 saturated carbocycles. The molecule has 1 aliphatic rings. The van der Waals surface area contributed by atoms with Crippen LogP contribution in [0.1, 0.15) is 20.3 Å². The lowest BCUT2D eigenvalue weighted by Crippen LogP contribution is -2.19. The van der Waals surface area contributed by atoms with E-state index in [2.05, 4.69) is 13.1 Å². The van der Waals surface area contributed by atoms with Crippen LogP contribution in [0.5, 0.6) is 0 Å². The van der Waals surface area contributed by atoms with Crippen molar-refractivity contribution in [3.8, 4) is 6.19 Å². The minimum Gasteiger partial charge on any atom is -0.311 e. The van der Waals surface area contributed by atoms with Gasteiger partial charge in [-0.15, -0.1) is 0 Å². The Hall–Kier alpha value is -0.710. The Morgan fingerprint density at radius 3 is 2.60 bits per heavy atom. The fourth-order valence-corrected chi connectivity index (χ4v) is 1.18. The van der Waals surface area contributed by atoms with Gasteiger partial charge in [0.15, 0.2) is 6.19 Å². The zero-order valence-corrected chi connectivity index (χ0v) is 6.67. The van der Waals surface area contributed by atoms with Crippen LogP contribution in [0.2, 0.25) is 0 Å². The Morgan fingerprint density at radius 2 is 2.30 bits per heavy atom. The number of hydrogen-bond acceptors (Lipinski definition) is 2. The van der Waals surface area contributed by atoms with Crippen molar-refractivity contribution in [3.63, 3.8) is 0 Å². The van der Waals surface area contributed by atoms with Gasteiger partial charge in [-0.1, -0.05) is 6.92 Å². The van der Waals surface area contributed by atoms with Gasteiger partial charge in [0.05, 0.1) is 0 Å². The van der Waals surface area contributed by atoms with E-state index in [9.17, 15) is 0 Å². The van der Waals surface area contributed by atoms with Crippen molar-refractivity contribution in [2.24, 2.45) is 11.8 Å². The lowest BCUT2D eigenvalue weighted by Gasteiger charge is -2.10. The molecule has 0 radical (unpaired) electrons. The van der Waals surface area contributed by atoms with E-state index in [-0.39, 0.29) is 0 Å². The van der Waals surface area contributed by atoms with Gasteiger partial charge in [-0.3, -0.25) is 0 Å². The Kier molecular flexibility index (Phi) is 2.16. The van der Waals surface area contributed by atoms with Gasteiger partial charge in [-0.25, -0.2) is 0 Å². The summed E-state index contributed by atoms with van der Waals surface area (Å²) in [5.74, 6) is 1.67. The molecule has 0 aromatic carbocycles. The van der Waals surface area contributed by atoms with Crippen molar-refractivity contribution in [1.29, 1.82) is 5.26 Å². The van der Waals surface area contributed by atoms with Crippen molar-refractivity contribution >= 4 is 0 Å². The van der Waals surface area contributed by atoms with Crippen LogP contribution in [-0.4, -0.2) is 18.0 Å². The first-order valence-corrected chi connectivity index (χ1v) is 3.92. The quantitative estimate of drug-likeness (QED) is 0.436. The number of rotatable bonds is 3. The molecule has 0 aromatic rings. The summed E-state index contributed by atoms with van der Waals surface area (Å²) in [6.45, 7) is 6.11. The Balaban J connectivity index is 2.18. The van der Waals surface area contributed by atoms with Gasteiger partial charge in [0, 0.05) is 13.1 Å². The van der Waals surface area contributed by atoms with Crippen molar-refractivity contribution in [2.45, 2.75) is 20.3 Å². The second-order valence-corrected chi connectivity index (χ2v) is 3.11. The Morgan fingerprint density at radius 1 is 1.70 bits per heavy atom. The van der Waals surface area contributed by atoms with Crippen LogP contribution in [-0.2, 0) is 0 Å². The molecule has 56 valence electrons. The SMILES string of the molecule is CCN(C#N)CC1CC1C. The van der Waals surface area contributed by atoms with Crippen LogP contribution < -0.4 is 0 Å². The lowest BCUT2D eigenvalue weighted by molar-refractivity contribution is 0.386. The molecule has 2 heteroatoms. The summed E-state index contributed by atoms with van der Waals surface area (Å²) in [7, 11) is 0. The molecule has 10 heavy (non-hydrogen) atoms. The van der Waals surface area contributed by atoms with Crippen molar-refractivity contribution < 1.29 is 0 Å². The first kappa shape index (κ1) is 7.40. The van der Waals surface area contributed by atoms with Crippen LogP contribution in [0, 0.1) is 23.3 Å². The molecule has 0 heterocycles. The van der Waals surface area contributed by atoms with E-state index >= 15 is 0 Å². The summed E-state index contributed by atoms with van der Waals surface area (Å²) in [6, 6.07) is 0. The second-order valence-electron chi connectivity index (χ2n) is 3.11. The molecule has 0 N–H and O–H groups in total. The maximum absolute atomic E-state index is 8.56. The molecule has 0 saturated heterocycles. The molecule has 0 amide bonds. The summed E-state index contributed by atoms with van der Waals surface area (Å²) in [4.78, 5) is 1.83. The van der Waals surface area contributed by atoms with Gasteiger partial charge in [-0.2, -0.15) is 5.26 Å². The number of nitrogens with zero attached hydrogens (tertiary/aromatic N) is 2. The molecular formula is C8H14N2. The van der Waals surface area contributed by atoms with Gasteiger partial charge in [-0.05, 0) is 25.2 Å². The van der Waals surface area contributed by atoms with Gasteiger partial charge in [0.25, 0.3) is 0 Å². The smallest absolute Gasteiger partial charge is 0.179 e. The van der Waals surface area contributed by atoms with Crippen molar-refractivity contribution in [2.75, 3.05) is 13.1 Å². The van der Waals surface area contributed by atoms with Gasteiger partial charge in [0.2, 0.25) is 0 Å². The molecule has 2 unspecified atom stereocenters. The second kappa shape index (κ2) is 2.92. The molecule has 0 bridgehead atoms. The fraction of sp³-hybridized carbons (Fsp3) is 0.875. The summed E-state index contributed by atoms with van der Waals surface area (Å²) >= 11 is 0. The van der Waals surface area contributed by atoms with E-state index in [4.69, 9.17) is 5.26 Å². The highest BCUT2D eigenvalue weighted by Crippen LogP contribution is 2.37. The third kappa shape index (κ3) is 1.63. The molecule has 1 aliphatic carbocycles. The highest BCUT2D eigenvalue weighted by atomic mass is 15.1. The monoisotopic (exact) mass is 138 g/mol. The van der Waals surface area contributed by atoms with E-state index in [1.54, 1.807) is 0 Å². The normalized spacial score (nSPS) is 29.3. The summed E-state index contributed by atoms with van der Waals surface area (Å²) in [5.41, 5.74) is 0. The van der Waals surface area contributed by atoms with Crippen LogP contribution in [0.15, 0.2) is 0 Å². The Labute approximate surface area is 62.4 Å². The number of hydrogen-bond donors (Lipinski definition) is 0. The number of nitriles is 1. The molecule has 0 aliphatic heterocycles. The molecule has 1 rings (SSSR count). The molecule has 0 spiro atoms. The predicted molar refractivity (Wildman–Crippen MR) is 40.1 cm³/mol. The molecule has 0 aromatic heterocycles. The topological polar surface area (TPSA) is 27.0 Å². The van der Waals surface area contributed by atoms with Gasteiger partial charge < -0.3 is 4.90 Å². The average Bonchev–Trinajstić information content (AvgIpc) is 2.62. The van der Waals surface area contributed by atoms with E-state index < -0.39 is 0 Å². The van der Waals surface area contributed by atoms with Crippen molar-refractivity contribution in [3.05, 3.63) is 0 Å². The summed E-state index contributed by atoms with van der Waals surface area (Å²) in [6.07, 6.45) is 3.49. The molecule has 2 atom stereocenters. The van der Waals surface area contributed by atoms with Crippen LogP contribution in [0.25, 0.3) is 0 Å². The molecular weight excluding hydrogens is 124 g/mol. The van der Waals surface area contributed by atoms with E-state index in [0.717, 1.165) is 24.9 Å². The van der Waals surface area contributed by atoms with Crippen molar-refractivity contribution in [1.82, 2.24) is 4.90 Å². The zero-order chi connectivity index (χ0) is 7.56. The highest BCUT2D eigenvalue weighted by molar-refractivity contribution is 4.87. The highest BCUT2D eigenvalue weighted by Gasteiger charge is 2.33. The predicted octanol–water partition coefficient (Wildman–Crippen LogP) is 1.45. The molecule has 2 nitrogen and oxygen atoms in total. The van der Waals surface area contributed by atoms with Crippen LogP contribution >= 0.6 is 0 Å². The van der Waals surface area contributed by atoms with E-state index in [0.29, 0.717) is 0 Å². The van der Waals surface area contributed by atoms with Gasteiger partial charge in [0.1, 0.15) is 0 Å². The third-order valence-corrected chi connectivity index (χ3v) is 2.25. The third-order valence-electron chi connectivity index (χ3n) is 2.25. The minimum absolute atomic E-state index is 0.805. The molecule has 1 fully saturated rings. The first-order chi connectivity index (χ1) is 4.77. The fourth-order valence-electron chi connectivity index (χ4n) is 1.18. The summed E-state index contributed by atoms with van der Waals surface area (Å²) < 4.78 is 0. The maximum Gasteiger partial charge on any atom is 0.179 e. The first-order valence-electron chi connectivity index (χ1n) is 3.92. The standard InChI is InChI=1S/C8H14N2/c1-3-10(6-9)5-8-4-7(8)2/h7-8H,3-5H2,1-2H3. The lowest BCUT2D eigenvalue weighted by atomic mass is 10.3. The van der Waals surface area contributed by atoms with Gasteiger partial charge >= 0.3 is 0 Å². The largest absolute Gasteiger partial charge is 0.311 e. The Bertz CT molecular complexity index is 148. The van der Waals surface area contributed by atoms with Crippen LogP contribution in [0.3, 0.4) is 0 Å². The maximum atomic E-state index is 8.56. The minimum atomic E-state index is 0.805. The zero-order valence-electron chi connectivity index (χ0n) is 6.67. The van der Waals surface area contributed by atoms with Crippen LogP contribution in [0.4, 0.5) is 0 Å².